The Morgan fingerprint density at radius 2 is 2.19 bits per heavy atom. The van der Waals surface area contributed by atoms with Crippen LogP contribution in [0, 0.1) is 0 Å². The van der Waals surface area contributed by atoms with Crippen LogP contribution in [0.25, 0.3) is 22.2 Å². The first-order valence-corrected chi connectivity index (χ1v) is 6.69. The maximum absolute atomic E-state index is 5.80. The second-order valence-corrected chi connectivity index (χ2v) is 4.71. The number of aromatic amines is 1. The number of hydrogen-bond acceptors (Lipinski definition) is 5. The number of benzene rings is 1. The van der Waals surface area contributed by atoms with E-state index in [4.69, 9.17) is 5.73 Å². The Kier molecular flexibility index (Phi) is 3.27. The predicted octanol–water partition coefficient (Wildman–Crippen LogP) is 2.94. The van der Waals surface area contributed by atoms with Gasteiger partial charge < -0.3 is 11.1 Å². The average molecular weight is 280 g/mol. The summed E-state index contributed by atoms with van der Waals surface area (Å²) in [5, 5.41) is 11.0. The SMILES string of the molecule is C=C(CC)Nc1nc(N)nc2cc(-c3ccn[nH]3)ccc12. The van der Waals surface area contributed by atoms with Crippen molar-refractivity contribution in [3.63, 3.8) is 0 Å². The third kappa shape index (κ3) is 2.55. The highest BCUT2D eigenvalue weighted by Gasteiger charge is 2.09. The van der Waals surface area contributed by atoms with Gasteiger partial charge in [-0.1, -0.05) is 19.6 Å². The standard InChI is InChI=1S/C15H16N6/c1-3-9(2)18-14-11-5-4-10(12-6-7-17-21-12)8-13(11)19-15(16)20-14/h4-8H,2-3H2,1H3,(H,17,21)(H3,16,18,19,20). The molecule has 0 amide bonds. The summed E-state index contributed by atoms with van der Waals surface area (Å²) in [5.74, 6) is 0.913. The third-order valence-corrected chi connectivity index (χ3v) is 3.25. The molecule has 21 heavy (non-hydrogen) atoms. The number of H-pyrrole nitrogens is 1. The topological polar surface area (TPSA) is 92.5 Å². The number of aromatic nitrogens is 4. The summed E-state index contributed by atoms with van der Waals surface area (Å²) in [4.78, 5) is 8.56. The molecule has 1 aromatic carbocycles. The Balaban J connectivity index is 2.12. The van der Waals surface area contributed by atoms with Gasteiger partial charge in [0.1, 0.15) is 5.82 Å². The minimum absolute atomic E-state index is 0.232. The molecule has 0 saturated heterocycles. The van der Waals surface area contributed by atoms with Gasteiger partial charge in [0.05, 0.1) is 11.2 Å². The summed E-state index contributed by atoms with van der Waals surface area (Å²) >= 11 is 0. The van der Waals surface area contributed by atoms with E-state index in [1.54, 1.807) is 6.20 Å². The van der Waals surface area contributed by atoms with Crippen molar-refractivity contribution in [2.45, 2.75) is 13.3 Å². The van der Waals surface area contributed by atoms with Crippen molar-refractivity contribution in [3.05, 3.63) is 42.7 Å². The summed E-state index contributed by atoms with van der Waals surface area (Å²) in [6.45, 7) is 5.96. The molecule has 6 heteroatoms. The lowest BCUT2D eigenvalue weighted by Gasteiger charge is -2.11. The summed E-state index contributed by atoms with van der Waals surface area (Å²) in [6, 6.07) is 7.83. The van der Waals surface area contributed by atoms with Gasteiger partial charge in [-0.2, -0.15) is 10.1 Å². The first-order valence-electron chi connectivity index (χ1n) is 6.69. The maximum atomic E-state index is 5.80. The lowest BCUT2D eigenvalue weighted by atomic mass is 10.1. The van der Waals surface area contributed by atoms with Gasteiger partial charge in [0.25, 0.3) is 0 Å². The number of nitrogens with zero attached hydrogens (tertiary/aromatic N) is 3. The summed E-state index contributed by atoms with van der Waals surface area (Å²) in [6.07, 6.45) is 2.53. The normalized spacial score (nSPS) is 10.7. The quantitative estimate of drug-likeness (QED) is 0.683. The van der Waals surface area contributed by atoms with Crippen molar-refractivity contribution in [3.8, 4) is 11.3 Å². The average Bonchev–Trinajstić information content (AvgIpc) is 3.00. The number of fused-ring (bicyclic) bond motifs is 1. The van der Waals surface area contributed by atoms with Crippen LogP contribution in [0.4, 0.5) is 11.8 Å². The van der Waals surface area contributed by atoms with Crippen LogP contribution < -0.4 is 11.1 Å². The molecule has 0 aliphatic carbocycles. The molecule has 3 rings (SSSR count). The Labute approximate surface area is 122 Å². The van der Waals surface area contributed by atoms with E-state index in [0.29, 0.717) is 5.82 Å². The first-order chi connectivity index (χ1) is 10.2. The number of anilines is 2. The fraction of sp³-hybridized carbons (Fsp3) is 0.133. The maximum Gasteiger partial charge on any atom is 0.222 e. The molecule has 0 aliphatic heterocycles. The molecule has 0 fully saturated rings. The van der Waals surface area contributed by atoms with Crippen LogP contribution in [-0.2, 0) is 0 Å². The molecule has 0 atom stereocenters. The Bertz CT molecular complexity index is 791. The van der Waals surface area contributed by atoms with Crippen molar-refractivity contribution >= 4 is 22.7 Å². The molecule has 0 aliphatic rings. The highest BCUT2D eigenvalue weighted by molar-refractivity contribution is 5.93. The summed E-state index contributed by atoms with van der Waals surface area (Å²) in [5.41, 5.74) is 9.39. The van der Waals surface area contributed by atoms with Crippen molar-refractivity contribution in [1.82, 2.24) is 20.2 Å². The van der Waals surface area contributed by atoms with Crippen molar-refractivity contribution in [2.24, 2.45) is 0 Å². The van der Waals surface area contributed by atoms with E-state index < -0.39 is 0 Å². The highest BCUT2D eigenvalue weighted by Crippen LogP contribution is 2.27. The Hall–Kier alpha value is -2.89. The van der Waals surface area contributed by atoms with E-state index in [1.165, 1.54) is 0 Å². The van der Waals surface area contributed by atoms with E-state index in [1.807, 2.05) is 31.2 Å². The molecular formula is C15H16N6. The van der Waals surface area contributed by atoms with Gasteiger partial charge in [-0.05, 0) is 24.6 Å². The zero-order chi connectivity index (χ0) is 14.8. The smallest absolute Gasteiger partial charge is 0.222 e. The Morgan fingerprint density at radius 3 is 2.90 bits per heavy atom. The molecule has 0 radical (unpaired) electrons. The molecule has 2 heterocycles. The molecule has 0 bridgehead atoms. The Morgan fingerprint density at radius 1 is 1.33 bits per heavy atom. The molecular weight excluding hydrogens is 264 g/mol. The van der Waals surface area contributed by atoms with Gasteiger partial charge in [-0.3, -0.25) is 5.10 Å². The molecule has 0 unspecified atom stereocenters. The lowest BCUT2D eigenvalue weighted by Crippen LogP contribution is -2.04. The van der Waals surface area contributed by atoms with Gasteiger partial charge in [-0.25, -0.2) is 4.98 Å². The number of nitrogens with one attached hydrogen (secondary N) is 2. The molecule has 6 nitrogen and oxygen atoms in total. The van der Waals surface area contributed by atoms with Crippen LogP contribution in [0.5, 0.6) is 0 Å². The van der Waals surface area contributed by atoms with E-state index >= 15 is 0 Å². The second kappa shape index (κ2) is 5.24. The van der Waals surface area contributed by atoms with E-state index in [2.05, 4.69) is 32.1 Å². The fourth-order valence-corrected chi connectivity index (χ4v) is 2.08. The molecule has 106 valence electrons. The lowest BCUT2D eigenvalue weighted by molar-refractivity contribution is 1.09. The number of hydrogen-bond donors (Lipinski definition) is 3. The number of nitrogen functional groups attached to an aromatic ring is 1. The van der Waals surface area contributed by atoms with Crippen molar-refractivity contribution < 1.29 is 0 Å². The largest absolute Gasteiger partial charge is 0.368 e. The monoisotopic (exact) mass is 280 g/mol. The van der Waals surface area contributed by atoms with Gasteiger partial charge in [0.2, 0.25) is 5.95 Å². The van der Waals surface area contributed by atoms with Crippen molar-refractivity contribution in [1.29, 1.82) is 0 Å². The highest BCUT2D eigenvalue weighted by atomic mass is 15.1. The predicted molar refractivity (Wildman–Crippen MR) is 84.6 cm³/mol. The molecule has 3 aromatic rings. The van der Waals surface area contributed by atoms with E-state index in [9.17, 15) is 0 Å². The zero-order valence-electron chi connectivity index (χ0n) is 11.7. The van der Waals surface area contributed by atoms with Crippen LogP contribution >= 0.6 is 0 Å². The van der Waals surface area contributed by atoms with Gasteiger partial charge in [0.15, 0.2) is 0 Å². The van der Waals surface area contributed by atoms with Crippen LogP contribution in [0.3, 0.4) is 0 Å². The van der Waals surface area contributed by atoms with E-state index in [0.717, 1.165) is 34.3 Å². The van der Waals surface area contributed by atoms with Gasteiger partial charge >= 0.3 is 0 Å². The van der Waals surface area contributed by atoms with Crippen LogP contribution in [0.15, 0.2) is 42.7 Å². The van der Waals surface area contributed by atoms with Crippen LogP contribution in [0.2, 0.25) is 0 Å². The second-order valence-electron chi connectivity index (χ2n) is 4.71. The fourth-order valence-electron chi connectivity index (χ4n) is 2.08. The molecule has 2 aromatic heterocycles. The van der Waals surface area contributed by atoms with Gasteiger partial charge in [-0.15, -0.1) is 0 Å². The first kappa shape index (κ1) is 13.1. The molecule has 0 spiro atoms. The summed E-state index contributed by atoms with van der Waals surface area (Å²) in [7, 11) is 0. The number of nitrogens with two attached hydrogens (primary N) is 1. The molecule has 0 saturated carbocycles. The zero-order valence-corrected chi connectivity index (χ0v) is 11.7. The number of rotatable bonds is 4. The van der Waals surface area contributed by atoms with Gasteiger partial charge in [0, 0.05) is 22.8 Å². The van der Waals surface area contributed by atoms with E-state index in [-0.39, 0.29) is 5.95 Å². The van der Waals surface area contributed by atoms with Crippen molar-refractivity contribution in [2.75, 3.05) is 11.1 Å². The minimum atomic E-state index is 0.232. The van der Waals surface area contributed by atoms with Crippen LogP contribution in [-0.4, -0.2) is 20.2 Å². The summed E-state index contributed by atoms with van der Waals surface area (Å²) < 4.78 is 0. The van der Waals surface area contributed by atoms with Crippen LogP contribution in [0.1, 0.15) is 13.3 Å². The molecule has 4 N–H and O–H groups in total. The third-order valence-electron chi connectivity index (χ3n) is 3.25. The number of allylic oxidation sites excluding steroid dienone is 1. The minimum Gasteiger partial charge on any atom is -0.368 e.